The zero-order valence-electron chi connectivity index (χ0n) is 23.7. The Morgan fingerprint density at radius 1 is 0.769 bits per heavy atom. The molecule has 0 atom stereocenters. The van der Waals surface area contributed by atoms with Crippen molar-refractivity contribution in [3.05, 3.63) is 34.9 Å². The van der Waals surface area contributed by atoms with Crippen LogP contribution in [0.2, 0.25) is 0 Å². The number of carbonyl (C=O) groups excluding carboxylic acids is 5. The maximum Gasteiger partial charge on any atom is 0.375 e. The molecule has 0 spiro atoms. The number of nitrogens with one attached hydrogen (secondary N) is 2. The number of Topliss-reactive ketones (excluding diaryl/α,β-unsaturated/α-hetero) is 3. The van der Waals surface area contributed by atoms with Gasteiger partial charge in [-0.05, 0) is 45.7 Å². The molecule has 2 rings (SSSR count). The predicted octanol–water partition coefficient (Wildman–Crippen LogP) is 3.29. The Bertz CT molecular complexity index is 1060. The van der Waals surface area contributed by atoms with Crippen LogP contribution in [0.4, 0.5) is 0 Å². The average Bonchev–Trinajstić information content (AvgIpc) is 3.60. The number of hydrogen-bond donors (Lipinski definition) is 3. The Kier molecular flexibility index (Phi) is 20.8. The first-order chi connectivity index (χ1) is 18.4. The number of rotatable bonds is 11. The Morgan fingerprint density at radius 3 is 1.56 bits per heavy atom. The van der Waals surface area contributed by atoms with Crippen LogP contribution in [0.15, 0.2) is 12.1 Å². The van der Waals surface area contributed by atoms with Gasteiger partial charge in [-0.1, -0.05) is 27.7 Å². The molecule has 13 nitrogen and oxygen atoms in total. The molecule has 39 heavy (non-hydrogen) atoms. The standard InChI is InChI=1S/C8H12N2O2.C8H12O4.C6H8N2O2.C4H8O/c1-3-6-5-7(10-9-6)8(11)12-4-2;1-3-6(9)5-7(10)8(11)12-4-2;1-2-4-3-5(6(9)10)8-7-4;1-3-4(2)5/h5H,3-4H2,1-2H3,(H,9,10);3-5H2,1-2H3;3H,2H2,1H3,(H,7,8)(H,9,10);3H2,1-2H3. The summed E-state index contributed by atoms with van der Waals surface area (Å²) in [6.45, 7) is 12.9. The Balaban J connectivity index is 0. The second kappa shape index (κ2) is 21.9. The van der Waals surface area contributed by atoms with Gasteiger partial charge < -0.3 is 19.4 Å². The summed E-state index contributed by atoms with van der Waals surface area (Å²) < 4.78 is 9.17. The fraction of sp³-hybridized carbons (Fsp3) is 0.538. The lowest BCUT2D eigenvalue weighted by molar-refractivity contribution is -0.154. The monoisotopic (exact) mass is 552 g/mol. The third-order valence-corrected chi connectivity index (χ3v) is 4.48. The number of aromatic amines is 2. The fourth-order valence-corrected chi connectivity index (χ4v) is 2.09. The van der Waals surface area contributed by atoms with Crippen LogP contribution in [0.1, 0.15) is 100 Å². The van der Waals surface area contributed by atoms with E-state index in [4.69, 9.17) is 9.84 Å². The maximum atomic E-state index is 11.1. The summed E-state index contributed by atoms with van der Waals surface area (Å²) in [4.78, 5) is 63.3. The van der Waals surface area contributed by atoms with Gasteiger partial charge in [-0.25, -0.2) is 14.4 Å². The molecule has 0 aliphatic rings. The zero-order valence-corrected chi connectivity index (χ0v) is 23.7. The molecular weight excluding hydrogens is 512 g/mol. The van der Waals surface area contributed by atoms with E-state index >= 15 is 0 Å². The van der Waals surface area contributed by atoms with Crippen LogP contribution in [0, 0.1) is 0 Å². The molecular formula is C26H40N4O9. The molecule has 0 aromatic carbocycles. The second-order valence-corrected chi connectivity index (χ2v) is 7.56. The Hall–Kier alpha value is -4.16. The zero-order chi connectivity index (χ0) is 30.4. The highest BCUT2D eigenvalue weighted by Crippen LogP contribution is 2.02. The van der Waals surface area contributed by atoms with Gasteiger partial charge in [0.1, 0.15) is 11.6 Å². The van der Waals surface area contributed by atoms with Crippen molar-refractivity contribution < 1.29 is 43.3 Å². The topological polar surface area (TPSA) is 198 Å². The van der Waals surface area contributed by atoms with Gasteiger partial charge in [0.05, 0.1) is 19.6 Å². The third-order valence-electron chi connectivity index (χ3n) is 4.48. The Morgan fingerprint density at radius 2 is 1.23 bits per heavy atom. The van der Waals surface area contributed by atoms with Crippen LogP contribution >= 0.6 is 0 Å². The van der Waals surface area contributed by atoms with E-state index in [1.165, 1.54) is 6.07 Å². The molecule has 2 aromatic heterocycles. The molecule has 0 unspecified atom stereocenters. The number of aromatic carboxylic acids is 1. The second-order valence-electron chi connectivity index (χ2n) is 7.56. The molecule has 0 amide bonds. The average molecular weight is 553 g/mol. The van der Waals surface area contributed by atoms with E-state index in [1.807, 2.05) is 20.8 Å². The smallest absolute Gasteiger partial charge is 0.375 e. The van der Waals surface area contributed by atoms with E-state index in [9.17, 15) is 28.8 Å². The molecule has 0 aliphatic carbocycles. The van der Waals surface area contributed by atoms with Crippen molar-refractivity contribution in [2.24, 2.45) is 0 Å². The van der Waals surface area contributed by atoms with Gasteiger partial charge in [-0.15, -0.1) is 0 Å². The minimum atomic E-state index is -0.990. The molecule has 3 N–H and O–H groups in total. The molecule has 218 valence electrons. The third kappa shape index (κ3) is 17.8. The maximum absolute atomic E-state index is 11.1. The number of aryl methyl sites for hydroxylation is 2. The minimum absolute atomic E-state index is 0.0804. The predicted molar refractivity (Wildman–Crippen MR) is 141 cm³/mol. The largest absolute Gasteiger partial charge is 0.476 e. The summed E-state index contributed by atoms with van der Waals surface area (Å²) in [6.07, 6.45) is 2.22. The van der Waals surface area contributed by atoms with E-state index in [2.05, 4.69) is 25.1 Å². The van der Waals surface area contributed by atoms with Crippen molar-refractivity contribution in [3.8, 4) is 0 Å². The highest BCUT2D eigenvalue weighted by molar-refractivity contribution is 6.37. The van der Waals surface area contributed by atoms with Crippen LogP contribution < -0.4 is 0 Å². The number of nitrogens with zero attached hydrogens (tertiary/aromatic N) is 2. The molecule has 13 heteroatoms. The molecule has 2 heterocycles. The van der Waals surface area contributed by atoms with Gasteiger partial charge in [0.25, 0.3) is 0 Å². The first-order valence-electron chi connectivity index (χ1n) is 12.6. The molecule has 2 aromatic rings. The number of ketones is 3. The summed E-state index contributed by atoms with van der Waals surface area (Å²) >= 11 is 0. The van der Waals surface area contributed by atoms with Gasteiger partial charge in [0.15, 0.2) is 11.4 Å². The summed E-state index contributed by atoms with van der Waals surface area (Å²) in [7, 11) is 0. The van der Waals surface area contributed by atoms with Crippen molar-refractivity contribution in [1.29, 1.82) is 0 Å². The lowest BCUT2D eigenvalue weighted by Crippen LogP contribution is -2.20. The Labute approximate surface area is 228 Å². The van der Waals surface area contributed by atoms with Gasteiger partial charge in [-0.3, -0.25) is 19.8 Å². The quantitative estimate of drug-likeness (QED) is 0.210. The molecule has 0 saturated carbocycles. The lowest BCUT2D eigenvalue weighted by atomic mass is 10.2. The van der Waals surface area contributed by atoms with Crippen LogP contribution in [-0.4, -0.2) is 74.0 Å². The van der Waals surface area contributed by atoms with Crippen molar-refractivity contribution in [2.75, 3.05) is 13.2 Å². The number of esters is 2. The summed E-state index contributed by atoms with van der Waals surface area (Å²) in [5.41, 5.74) is 2.22. The highest BCUT2D eigenvalue weighted by atomic mass is 16.5. The van der Waals surface area contributed by atoms with Crippen molar-refractivity contribution in [1.82, 2.24) is 20.4 Å². The number of carboxylic acids is 1. The normalized spacial score (nSPS) is 9.31. The number of aromatic nitrogens is 4. The molecule has 0 bridgehead atoms. The number of carboxylic acid groups (broad SMARTS) is 1. The highest BCUT2D eigenvalue weighted by Gasteiger charge is 2.17. The number of H-pyrrole nitrogens is 2. The fourth-order valence-electron chi connectivity index (χ4n) is 2.09. The molecule has 0 saturated heterocycles. The van der Waals surface area contributed by atoms with Crippen LogP contribution in [0.25, 0.3) is 0 Å². The van der Waals surface area contributed by atoms with E-state index in [0.717, 1.165) is 24.2 Å². The number of carbonyl (C=O) groups is 6. The van der Waals surface area contributed by atoms with E-state index in [1.54, 1.807) is 33.8 Å². The molecule has 0 radical (unpaired) electrons. The van der Waals surface area contributed by atoms with Gasteiger partial charge in [0, 0.05) is 24.2 Å². The number of ether oxygens (including phenoxy) is 2. The van der Waals surface area contributed by atoms with Crippen LogP contribution in [-0.2, 0) is 41.5 Å². The van der Waals surface area contributed by atoms with Gasteiger partial charge >= 0.3 is 17.9 Å². The number of hydrogen-bond acceptors (Lipinski definition) is 10. The van der Waals surface area contributed by atoms with E-state index in [-0.39, 0.29) is 42.7 Å². The first kappa shape index (κ1) is 37.0. The SMILES string of the molecule is CCC(C)=O.CCOC(=O)C(=O)CC(=O)CC.CCOC(=O)c1cc(CC)[nH]n1.CCc1cc(C(=O)O)n[nH]1. The first-order valence-corrected chi connectivity index (χ1v) is 12.6. The summed E-state index contributed by atoms with van der Waals surface area (Å²) in [5, 5.41) is 21.1. The van der Waals surface area contributed by atoms with Crippen LogP contribution in [0.3, 0.4) is 0 Å². The molecule has 0 fully saturated rings. The van der Waals surface area contributed by atoms with Crippen molar-refractivity contribution in [3.63, 3.8) is 0 Å². The van der Waals surface area contributed by atoms with Crippen molar-refractivity contribution in [2.45, 2.75) is 80.6 Å². The van der Waals surface area contributed by atoms with Gasteiger partial charge in [0.2, 0.25) is 5.78 Å². The van der Waals surface area contributed by atoms with E-state index in [0.29, 0.717) is 18.7 Å². The summed E-state index contributed by atoms with van der Waals surface area (Å²) in [5.74, 6) is -3.02. The van der Waals surface area contributed by atoms with Gasteiger partial charge in [-0.2, -0.15) is 10.2 Å². The van der Waals surface area contributed by atoms with E-state index < -0.39 is 17.7 Å². The molecule has 0 aliphatic heterocycles. The van der Waals surface area contributed by atoms with Crippen molar-refractivity contribution >= 4 is 35.3 Å². The van der Waals surface area contributed by atoms with Crippen LogP contribution in [0.5, 0.6) is 0 Å². The minimum Gasteiger partial charge on any atom is -0.476 e. The summed E-state index contributed by atoms with van der Waals surface area (Å²) in [6, 6.07) is 3.24. The lowest BCUT2D eigenvalue weighted by Gasteiger charge is -1.98.